The highest BCUT2D eigenvalue weighted by atomic mass is 32.1. The van der Waals surface area contributed by atoms with Crippen molar-refractivity contribution in [3.63, 3.8) is 0 Å². The molecule has 0 aromatic carbocycles. The molecule has 4 nitrogen and oxygen atoms in total. The molecule has 0 spiro atoms. The highest BCUT2D eigenvalue weighted by molar-refractivity contribution is 7.09. The lowest BCUT2D eigenvalue weighted by Crippen LogP contribution is -2.35. The van der Waals surface area contributed by atoms with Crippen molar-refractivity contribution in [1.82, 2.24) is 14.9 Å². The molecule has 2 aromatic rings. The third-order valence-electron chi connectivity index (χ3n) is 3.94. The Morgan fingerprint density at radius 1 is 1.29 bits per heavy atom. The first-order valence-electron chi connectivity index (χ1n) is 7.39. The van der Waals surface area contributed by atoms with Gasteiger partial charge in [-0.2, -0.15) is 0 Å². The number of nitrogens with zero attached hydrogens (tertiary/aromatic N) is 3. The number of rotatable bonds is 2. The van der Waals surface area contributed by atoms with Gasteiger partial charge in [0.05, 0.1) is 11.0 Å². The first kappa shape index (κ1) is 14.2. The molecule has 0 saturated carbocycles. The Balaban J connectivity index is 1.90. The van der Waals surface area contributed by atoms with Crippen molar-refractivity contribution in [3.8, 4) is 0 Å². The molecule has 21 heavy (non-hydrogen) atoms. The number of aromatic nitrogens is 2. The third kappa shape index (κ3) is 3.13. The zero-order valence-corrected chi connectivity index (χ0v) is 13.0. The van der Waals surface area contributed by atoms with Crippen LogP contribution in [0.3, 0.4) is 0 Å². The summed E-state index contributed by atoms with van der Waals surface area (Å²) >= 11 is 1.53. The van der Waals surface area contributed by atoms with E-state index in [4.69, 9.17) is 0 Å². The summed E-state index contributed by atoms with van der Waals surface area (Å²) in [6.45, 7) is 2.74. The third-order valence-corrected chi connectivity index (χ3v) is 4.72. The van der Waals surface area contributed by atoms with Crippen LogP contribution in [0.2, 0.25) is 0 Å². The SMILES string of the molecule is Cc1nc(C(=O)N2CCCCCC2c2ccncc2)cs1. The molecule has 3 rings (SSSR count). The summed E-state index contributed by atoms with van der Waals surface area (Å²) in [5.74, 6) is 0.0584. The van der Waals surface area contributed by atoms with Gasteiger partial charge in [0.25, 0.3) is 5.91 Å². The second-order valence-electron chi connectivity index (χ2n) is 5.40. The molecule has 1 saturated heterocycles. The van der Waals surface area contributed by atoms with E-state index in [0.29, 0.717) is 5.69 Å². The first-order chi connectivity index (χ1) is 10.3. The van der Waals surface area contributed by atoms with E-state index in [9.17, 15) is 4.79 Å². The maximum Gasteiger partial charge on any atom is 0.273 e. The summed E-state index contributed by atoms with van der Waals surface area (Å²) in [6.07, 6.45) is 8.02. The predicted molar refractivity (Wildman–Crippen MR) is 83.3 cm³/mol. The van der Waals surface area contributed by atoms with Crippen molar-refractivity contribution in [1.29, 1.82) is 0 Å². The van der Waals surface area contributed by atoms with Gasteiger partial charge in [-0.3, -0.25) is 9.78 Å². The van der Waals surface area contributed by atoms with Crippen molar-refractivity contribution in [2.45, 2.75) is 38.6 Å². The summed E-state index contributed by atoms with van der Waals surface area (Å²) in [7, 11) is 0. The molecule has 0 aliphatic carbocycles. The Morgan fingerprint density at radius 3 is 2.81 bits per heavy atom. The van der Waals surface area contributed by atoms with E-state index in [1.165, 1.54) is 23.3 Å². The second kappa shape index (κ2) is 6.35. The van der Waals surface area contributed by atoms with Crippen LogP contribution < -0.4 is 0 Å². The molecule has 3 heterocycles. The van der Waals surface area contributed by atoms with Crippen LogP contribution in [-0.4, -0.2) is 27.3 Å². The molecular weight excluding hydrogens is 282 g/mol. The summed E-state index contributed by atoms with van der Waals surface area (Å²) in [5, 5.41) is 2.81. The number of carbonyl (C=O) groups is 1. The van der Waals surface area contributed by atoms with E-state index in [2.05, 4.69) is 9.97 Å². The molecule has 5 heteroatoms. The Kier molecular flexibility index (Phi) is 4.29. The number of hydrogen-bond donors (Lipinski definition) is 0. The average molecular weight is 301 g/mol. The van der Waals surface area contributed by atoms with Gasteiger partial charge in [-0.05, 0) is 37.5 Å². The lowest BCUT2D eigenvalue weighted by molar-refractivity contribution is 0.0675. The van der Waals surface area contributed by atoms with E-state index in [1.807, 2.05) is 29.3 Å². The van der Waals surface area contributed by atoms with Crippen molar-refractivity contribution in [2.24, 2.45) is 0 Å². The quantitative estimate of drug-likeness (QED) is 0.851. The average Bonchev–Trinajstić information content (AvgIpc) is 2.81. The molecule has 110 valence electrons. The number of pyridine rings is 1. The van der Waals surface area contributed by atoms with Crippen LogP contribution in [0.5, 0.6) is 0 Å². The fourth-order valence-corrected chi connectivity index (χ4v) is 3.48. The monoisotopic (exact) mass is 301 g/mol. The van der Waals surface area contributed by atoms with Crippen LogP contribution in [0.1, 0.15) is 52.8 Å². The number of aryl methyl sites for hydroxylation is 1. The molecule has 1 atom stereocenters. The van der Waals surface area contributed by atoms with Gasteiger partial charge in [-0.15, -0.1) is 11.3 Å². The van der Waals surface area contributed by atoms with Gasteiger partial charge in [0, 0.05) is 24.3 Å². The van der Waals surface area contributed by atoms with E-state index in [0.717, 1.165) is 30.8 Å². The molecule has 0 radical (unpaired) electrons. The van der Waals surface area contributed by atoms with Crippen molar-refractivity contribution >= 4 is 17.2 Å². The Bertz CT molecular complexity index is 611. The number of hydrogen-bond acceptors (Lipinski definition) is 4. The van der Waals surface area contributed by atoms with Crippen LogP contribution in [0.15, 0.2) is 29.9 Å². The lowest BCUT2D eigenvalue weighted by Gasteiger charge is -2.29. The molecule has 1 aliphatic heterocycles. The minimum absolute atomic E-state index is 0.0584. The van der Waals surface area contributed by atoms with Crippen molar-refractivity contribution < 1.29 is 4.79 Å². The molecule has 0 bridgehead atoms. The zero-order valence-electron chi connectivity index (χ0n) is 12.2. The van der Waals surface area contributed by atoms with Gasteiger partial charge in [0.15, 0.2) is 0 Å². The number of likely N-dealkylation sites (tertiary alicyclic amines) is 1. The molecule has 1 fully saturated rings. The van der Waals surface area contributed by atoms with Crippen LogP contribution in [0, 0.1) is 6.92 Å². The summed E-state index contributed by atoms with van der Waals surface area (Å²) < 4.78 is 0. The molecule has 1 unspecified atom stereocenters. The van der Waals surface area contributed by atoms with Crippen LogP contribution in [0.25, 0.3) is 0 Å². The Labute approximate surface area is 128 Å². The zero-order chi connectivity index (χ0) is 14.7. The molecule has 1 aliphatic rings. The van der Waals surface area contributed by atoms with E-state index >= 15 is 0 Å². The van der Waals surface area contributed by atoms with Crippen molar-refractivity contribution in [2.75, 3.05) is 6.54 Å². The molecular formula is C16H19N3OS. The fraction of sp³-hybridized carbons (Fsp3) is 0.438. The number of amides is 1. The van der Waals surface area contributed by atoms with Gasteiger partial charge in [-0.1, -0.05) is 12.8 Å². The van der Waals surface area contributed by atoms with Gasteiger partial charge in [-0.25, -0.2) is 4.98 Å². The molecule has 1 amide bonds. The first-order valence-corrected chi connectivity index (χ1v) is 8.26. The van der Waals surface area contributed by atoms with Gasteiger partial charge >= 0.3 is 0 Å². The molecule has 2 aromatic heterocycles. The van der Waals surface area contributed by atoms with E-state index in [-0.39, 0.29) is 11.9 Å². The van der Waals surface area contributed by atoms with Crippen LogP contribution in [0.4, 0.5) is 0 Å². The fourth-order valence-electron chi connectivity index (χ4n) is 2.89. The number of carbonyl (C=O) groups excluding carboxylic acids is 1. The molecule has 0 N–H and O–H groups in total. The summed E-state index contributed by atoms with van der Waals surface area (Å²) in [5.41, 5.74) is 1.76. The summed E-state index contributed by atoms with van der Waals surface area (Å²) in [4.78, 5) is 23.2. The maximum atomic E-state index is 12.8. The summed E-state index contributed by atoms with van der Waals surface area (Å²) in [6, 6.07) is 4.18. The van der Waals surface area contributed by atoms with Crippen LogP contribution >= 0.6 is 11.3 Å². The minimum Gasteiger partial charge on any atom is -0.330 e. The van der Waals surface area contributed by atoms with Gasteiger partial charge in [0.2, 0.25) is 0 Å². The highest BCUT2D eigenvalue weighted by Crippen LogP contribution is 2.31. The second-order valence-corrected chi connectivity index (χ2v) is 6.46. The van der Waals surface area contributed by atoms with Crippen molar-refractivity contribution in [3.05, 3.63) is 46.2 Å². The standard InChI is InChI=1S/C16H19N3OS/c1-12-18-14(11-21-12)16(20)19-10-4-2-3-5-15(19)13-6-8-17-9-7-13/h6-9,11,15H,2-5,10H2,1H3. The maximum absolute atomic E-state index is 12.8. The largest absolute Gasteiger partial charge is 0.330 e. The smallest absolute Gasteiger partial charge is 0.273 e. The predicted octanol–water partition coefficient (Wildman–Crippen LogP) is 3.60. The van der Waals surface area contributed by atoms with E-state index in [1.54, 1.807) is 12.4 Å². The minimum atomic E-state index is 0.0584. The van der Waals surface area contributed by atoms with Gasteiger partial charge < -0.3 is 4.90 Å². The Hall–Kier alpha value is -1.75. The topological polar surface area (TPSA) is 46.1 Å². The highest BCUT2D eigenvalue weighted by Gasteiger charge is 2.28. The number of thiazole rings is 1. The van der Waals surface area contributed by atoms with Crippen LogP contribution in [-0.2, 0) is 0 Å². The Morgan fingerprint density at radius 2 is 2.10 bits per heavy atom. The normalized spacial score (nSPS) is 19.3. The lowest BCUT2D eigenvalue weighted by atomic mass is 10.0. The van der Waals surface area contributed by atoms with Gasteiger partial charge in [0.1, 0.15) is 5.69 Å². The van der Waals surface area contributed by atoms with E-state index < -0.39 is 0 Å².